The van der Waals surface area contributed by atoms with Gasteiger partial charge in [-0.25, -0.2) is 15.0 Å². The monoisotopic (exact) mass is 478 g/mol. The molecular formula is C25H30N6O2S. The van der Waals surface area contributed by atoms with Crippen LogP contribution in [0.2, 0.25) is 0 Å². The fourth-order valence-electron chi connectivity index (χ4n) is 6.06. The zero-order valence-corrected chi connectivity index (χ0v) is 20.1. The van der Waals surface area contributed by atoms with Gasteiger partial charge in [0.05, 0.1) is 28.1 Å². The molecule has 0 aromatic carbocycles. The molecule has 0 amide bonds. The summed E-state index contributed by atoms with van der Waals surface area (Å²) in [6, 6.07) is 0. The molecular weight excluding hydrogens is 448 g/mol. The highest BCUT2D eigenvalue weighted by molar-refractivity contribution is 7.85. The number of aromatic nitrogens is 4. The Hall–Kier alpha value is -2.39. The maximum atomic E-state index is 12.9. The predicted molar refractivity (Wildman–Crippen MR) is 130 cm³/mol. The van der Waals surface area contributed by atoms with Crippen LogP contribution in [0.5, 0.6) is 0 Å². The Kier molecular flexibility index (Phi) is 4.81. The Labute approximate surface area is 202 Å². The molecule has 2 saturated carbocycles. The highest BCUT2D eigenvalue weighted by Gasteiger charge is 2.53. The van der Waals surface area contributed by atoms with E-state index in [9.17, 15) is 9.32 Å². The second kappa shape index (κ2) is 7.81. The third kappa shape index (κ3) is 3.23. The van der Waals surface area contributed by atoms with Crippen molar-refractivity contribution >= 4 is 28.1 Å². The van der Waals surface area contributed by atoms with Crippen molar-refractivity contribution in [3.8, 4) is 0 Å². The predicted octanol–water partition coefficient (Wildman–Crippen LogP) is 2.60. The van der Waals surface area contributed by atoms with E-state index in [4.69, 9.17) is 9.97 Å². The number of aliphatic hydroxyl groups excluding tert-OH is 1. The average molecular weight is 479 g/mol. The average Bonchev–Trinajstić information content (AvgIpc) is 3.54. The van der Waals surface area contributed by atoms with Crippen molar-refractivity contribution in [3.05, 3.63) is 35.6 Å². The quantitative estimate of drug-likeness (QED) is 0.717. The molecule has 2 aromatic rings. The Morgan fingerprint density at radius 1 is 1.06 bits per heavy atom. The van der Waals surface area contributed by atoms with Gasteiger partial charge in [0.1, 0.15) is 4.90 Å². The molecule has 1 saturated heterocycles. The van der Waals surface area contributed by atoms with E-state index in [0.29, 0.717) is 24.2 Å². The third-order valence-corrected chi connectivity index (χ3v) is 9.87. The lowest BCUT2D eigenvalue weighted by molar-refractivity contribution is 0.0579. The minimum atomic E-state index is -1.07. The SMILES string of the molecule is O=[S@]1CCc2nc(N3CC=C(c4ncc(C5CC5)cn4)CC3)nc(N3CC[C@@H](O)C34CCC4)c21. The van der Waals surface area contributed by atoms with E-state index >= 15 is 0 Å². The summed E-state index contributed by atoms with van der Waals surface area (Å²) in [6.07, 6.45) is 13.7. The summed E-state index contributed by atoms with van der Waals surface area (Å²) < 4.78 is 12.9. The summed E-state index contributed by atoms with van der Waals surface area (Å²) in [5.74, 6) is 3.63. The van der Waals surface area contributed by atoms with Crippen molar-refractivity contribution in [3.63, 3.8) is 0 Å². The zero-order valence-electron chi connectivity index (χ0n) is 19.3. The number of nitrogens with zero attached hydrogens (tertiary/aromatic N) is 6. The lowest BCUT2D eigenvalue weighted by atomic mass is 9.73. The van der Waals surface area contributed by atoms with Crippen LogP contribution in [0, 0.1) is 0 Å². The molecule has 34 heavy (non-hydrogen) atoms. The lowest BCUT2D eigenvalue weighted by Gasteiger charge is -2.48. The molecule has 1 spiro atoms. The third-order valence-electron chi connectivity index (χ3n) is 8.42. The summed E-state index contributed by atoms with van der Waals surface area (Å²) in [6.45, 7) is 2.27. The van der Waals surface area contributed by atoms with Crippen LogP contribution in [0.15, 0.2) is 23.4 Å². The van der Waals surface area contributed by atoms with Gasteiger partial charge < -0.3 is 14.9 Å². The van der Waals surface area contributed by atoms with Crippen LogP contribution in [0.25, 0.3) is 5.57 Å². The van der Waals surface area contributed by atoms with Gasteiger partial charge in [-0.15, -0.1) is 0 Å². The molecule has 178 valence electrons. The normalized spacial score (nSPS) is 27.6. The van der Waals surface area contributed by atoms with Gasteiger partial charge in [0.15, 0.2) is 11.6 Å². The van der Waals surface area contributed by atoms with Gasteiger partial charge in [-0.05, 0) is 62.0 Å². The number of hydrogen-bond acceptors (Lipinski definition) is 8. The summed E-state index contributed by atoms with van der Waals surface area (Å²) in [5.41, 5.74) is 3.13. The number of hydrogen-bond donors (Lipinski definition) is 1. The molecule has 0 unspecified atom stereocenters. The van der Waals surface area contributed by atoms with E-state index in [2.05, 4.69) is 25.8 Å². The van der Waals surface area contributed by atoms with Gasteiger partial charge in [0, 0.05) is 44.2 Å². The number of fused-ring (bicyclic) bond motifs is 1. The molecule has 8 nitrogen and oxygen atoms in total. The van der Waals surface area contributed by atoms with Gasteiger partial charge in [-0.2, -0.15) is 4.98 Å². The Balaban J connectivity index is 1.18. The fourth-order valence-corrected chi connectivity index (χ4v) is 7.41. The maximum absolute atomic E-state index is 12.9. The van der Waals surface area contributed by atoms with Crippen molar-refractivity contribution in [2.24, 2.45) is 0 Å². The minimum absolute atomic E-state index is 0.231. The second-order valence-corrected chi connectivity index (χ2v) is 11.9. The first-order chi connectivity index (χ1) is 16.6. The van der Waals surface area contributed by atoms with E-state index in [-0.39, 0.29) is 11.6 Å². The first-order valence-electron chi connectivity index (χ1n) is 12.6. The second-order valence-electron chi connectivity index (χ2n) is 10.4. The largest absolute Gasteiger partial charge is 0.391 e. The standard InChI is InChI=1S/C25H30N6O2S/c32-20-6-12-31(25(20)8-1-9-25)23-21-19(7-13-34(21)33)28-24(29-23)30-10-4-17(5-11-30)22-26-14-18(15-27-22)16-2-3-16/h4,14-16,20,32H,1-3,5-13H2/t20-,34+/m1/s1. The van der Waals surface area contributed by atoms with Crippen molar-refractivity contribution in [2.75, 3.05) is 35.2 Å². The smallest absolute Gasteiger partial charge is 0.227 e. The van der Waals surface area contributed by atoms with Crippen LogP contribution >= 0.6 is 0 Å². The van der Waals surface area contributed by atoms with Crippen LogP contribution < -0.4 is 9.80 Å². The van der Waals surface area contributed by atoms with Gasteiger partial charge in [0.2, 0.25) is 5.95 Å². The van der Waals surface area contributed by atoms with Crippen molar-refractivity contribution < 1.29 is 9.32 Å². The number of aryl methyl sites for hydroxylation is 1. The molecule has 3 aliphatic heterocycles. The lowest BCUT2D eigenvalue weighted by Crippen LogP contribution is -2.56. The highest BCUT2D eigenvalue weighted by atomic mass is 32.2. The maximum Gasteiger partial charge on any atom is 0.227 e. The molecule has 0 bridgehead atoms. The summed E-state index contributed by atoms with van der Waals surface area (Å²) in [7, 11) is -1.07. The molecule has 2 aliphatic carbocycles. The molecule has 5 aliphatic rings. The molecule has 1 N–H and O–H groups in total. The first-order valence-corrected chi connectivity index (χ1v) is 14.0. The summed E-state index contributed by atoms with van der Waals surface area (Å²) >= 11 is 0. The molecule has 5 heterocycles. The van der Waals surface area contributed by atoms with Crippen LogP contribution in [0.3, 0.4) is 0 Å². The van der Waals surface area contributed by atoms with Crippen molar-refractivity contribution in [1.82, 2.24) is 19.9 Å². The molecule has 0 radical (unpaired) electrons. The van der Waals surface area contributed by atoms with Crippen LogP contribution in [0.4, 0.5) is 11.8 Å². The highest BCUT2D eigenvalue weighted by Crippen LogP contribution is 2.49. The van der Waals surface area contributed by atoms with Gasteiger partial charge >= 0.3 is 0 Å². The minimum Gasteiger partial charge on any atom is -0.391 e. The fraction of sp³-hybridized carbons (Fsp3) is 0.600. The summed E-state index contributed by atoms with van der Waals surface area (Å²) in [5, 5.41) is 10.8. The van der Waals surface area contributed by atoms with Crippen LogP contribution in [-0.4, -0.2) is 66.3 Å². The zero-order chi connectivity index (χ0) is 22.9. The van der Waals surface area contributed by atoms with Gasteiger partial charge in [-0.3, -0.25) is 4.21 Å². The Morgan fingerprint density at radius 3 is 2.56 bits per heavy atom. The number of aliphatic hydroxyl groups is 1. The topological polar surface area (TPSA) is 95.3 Å². The van der Waals surface area contributed by atoms with Gasteiger partial charge in [-0.1, -0.05) is 6.08 Å². The number of anilines is 2. The molecule has 9 heteroatoms. The molecule has 7 rings (SSSR count). The van der Waals surface area contributed by atoms with Gasteiger partial charge in [0.25, 0.3) is 0 Å². The van der Waals surface area contributed by atoms with Crippen molar-refractivity contribution in [1.29, 1.82) is 0 Å². The number of rotatable bonds is 4. The van der Waals surface area contributed by atoms with E-state index in [1.807, 2.05) is 12.4 Å². The van der Waals surface area contributed by atoms with E-state index in [0.717, 1.165) is 73.8 Å². The van der Waals surface area contributed by atoms with E-state index < -0.39 is 10.8 Å². The van der Waals surface area contributed by atoms with E-state index in [1.165, 1.54) is 24.0 Å². The molecule has 2 atom stereocenters. The Morgan fingerprint density at radius 2 is 1.88 bits per heavy atom. The first kappa shape index (κ1) is 20.9. The summed E-state index contributed by atoms with van der Waals surface area (Å²) in [4.78, 5) is 24.4. The van der Waals surface area contributed by atoms with E-state index in [1.54, 1.807) is 0 Å². The Bertz CT molecular complexity index is 1190. The molecule has 2 aromatic heterocycles. The molecule has 3 fully saturated rings. The van der Waals surface area contributed by atoms with Crippen LogP contribution in [-0.2, 0) is 17.2 Å². The van der Waals surface area contributed by atoms with Crippen molar-refractivity contribution in [2.45, 2.75) is 73.8 Å². The van der Waals surface area contributed by atoms with Crippen LogP contribution in [0.1, 0.15) is 67.9 Å².